The van der Waals surface area contributed by atoms with E-state index in [-0.39, 0.29) is 11.8 Å². The lowest BCUT2D eigenvalue weighted by Crippen LogP contribution is -2.24. The minimum atomic E-state index is -0.150. The Bertz CT molecular complexity index is 1020. The zero-order chi connectivity index (χ0) is 19.7. The number of hydrogen-bond acceptors (Lipinski definition) is 5. The number of nitrogens with zero attached hydrogens (tertiary/aromatic N) is 2. The molecule has 3 aromatic rings. The summed E-state index contributed by atoms with van der Waals surface area (Å²) in [4.78, 5) is 31.3. The molecule has 1 aliphatic rings. The van der Waals surface area contributed by atoms with Crippen molar-refractivity contribution < 1.29 is 14.0 Å². The van der Waals surface area contributed by atoms with Crippen molar-refractivity contribution >= 4 is 28.8 Å². The number of furan rings is 1. The summed E-state index contributed by atoms with van der Waals surface area (Å²) in [5.74, 6) is 1.51. The number of anilines is 1. The largest absolute Gasteiger partial charge is 0.459 e. The van der Waals surface area contributed by atoms with Gasteiger partial charge in [-0.2, -0.15) is 0 Å². The van der Waals surface area contributed by atoms with Crippen LogP contribution in [0.2, 0.25) is 0 Å². The highest BCUT2D eigenvalue weighted by molar-refractivity contribution is 7.17. The molecule has 2 aromatic heterocycles. The van der Waals surface area contributed by atoms with Gasteiger partial charge in [0.15, 0.2) is 10.8 Å². The fourth-order valence-corrected chi connectivity index (χ4v) is 4.18. The van der Waals surface area contributed by atoms with E-state index in [0.29, 0.717) is 34.3 Å². The molecule has 7 heteroatoms. The Morgan fingerprint density at radius 3 is 2.64 bits per heavy atom. The van der Waals surface area contributed by atoms with E-state index in [4.69, 9.17) is 4.42 Å². The van der Waals surface area contributed by atoms with Crippen molar-refractivity contribution in [3.63, 3.8) is 0 Å². The third-order valence-corrected chi connectivity index (χ3v) is 5.90. The highest BCUT2D eigenvalue weighted by Gasteiger charge is 2.21. The molecule has 1 aromatic carbocycles. The van der Waals surface area contributed by atoms with Crippen LogP contribution in [0.25, 0.3) is 10.8 Å². The minimum Gasteiger partial charge on any atom is -0.459 e. The molecule has 1 saturated heterocycles. The lowest BCUT2D eigenvalue weighted by atomic mass is 10.2. The van der Waals surface area contributed by atoms with Crippen molar-refractivity contribution in [1.82, 2.24) is 10.3 Å². The Balaban J connectivity index is 1.40. The van der Waals surface area contributed by atoms with Crippen LogP contribution in [0.4, 0.5) is 5.69 Å². The molecule has 0 unspecified atom stereocenters. The molecule has 1 fully saturated rings. The van der Waals surface area contributed by atoms with E-state index in [2.05, 4.69) is 10.3 Å². The molecule has 1 N–H and O–H groups in total. The maximum absolute atomic E-state index is 12.6. The molecule has 0 aliphatic carbocycles. The van der Waals surface area contributed by atoms with Crippen LogP contribution in [-0.4, -0.2) is 23.3 Å². The summed E-state index contributed by atoms with van der Waals surface area (Å²) in [5.41, 5.74) is 2.58. The highest BCUT2D eigenvalue weighted by atomic mass is 32.1. The van der Waals surface area contributed by atoms with Crippen molar-refractivity contribution in [2.75, 3.05) is 11.4 Å². The maximum Gasteiger partial charge on any atom is 0.263 e. The molecule has 0 saturated carbocycles. The SMILES string of the molecule is Cc1ccc(-c2nc(C)c(C(=O)NCc3ccc(N4CCCC4=O)cc3)s2)o1. The lowest BCUT2D eigenvalue weighted by Gasteiger charge is -2.16. The monoisotopic (exact) mass is 395 g/mol. The minimum absolute atomic E-state index is 0.150. The van der Waals surface area contributed by atoms with Gasteiger partial charge in [0.1, 0.15) is 10.6 Å². The van der Waals surface area contributed by atoms with Gasteiger partial charge in [0, 0.05) is 25.2 Å². The van der Waals surface area contributed by atoms with Crippen LogP contribution in [0.1, 0.15) is 39.5 Å². The molecule has 6 nitrogen and oxygen atoms in total. The van der Waals surface area contributed by atoms with Gasteiger partial charge >= 0.3 is 0 Å². The molecule has 0 spiro atoms. The summed E-state index contributed by atoms with van der Waals surface area (Å²) in [6.07, 6.45) is 1.52. The van der Waals surface area contributed by atoms with E-state index in [1.807, 2.05) is 50.2 Å². The summed E-state index contributed by atoms with van der Waals surface area (Å²) < 4.78 is 5.60. The summed E-state index contributed by atoms with van der Waals surface area (Å²) in [6, 6.07) is 11.5. The van der Waals surface area contributed by atoms with Crippen LogP contribution in [0.15, 0.2) is 40.8 Å². The van der Waals surface area contributed by atoms with Crippen LogP contribution in [0.3, 0.4) is 0 Å². The van der Waals surface area contributed by atoms with E-state index >= 15 is 0 Å². The quantitative estimate of drug-likeness (QED) is 0.706. The van der Waals surface area contributed by atoms with E-state index < -0.39 is 0 Å². The number of carbonyl (C=O) groups is 2. The molecule has 4 rings (SSSR count). The topological polar surface area (TPSA) is 75.4 Å². The van der Waals surface area contributed by atoms with E-state index in [0.717, 1.165) is 30.0 Å². The van der Waals surface area contributed by atoms with Gasteiger partial charge in [-0.15, -0.1) is 11.3 Å². The number of benzene rings is 1. The summed E-state index contributed by atoms with van der Waals surface area (Å²) in [7, 11) is 0. The Kier molecular flexibility index (Phi) is 5.00. The van der Waals surface area contributed by atoms with Crippen molar-refractivity contribution in [2.45, 2.75) is 33.2 Å². The van der Waals surface area contributed by atoms with Crippen LogP contribution >= 0.6 is 11.3 Å². The van der Waals surface area contributed by atoms with E-state index in [1.165, 1.54) is 11.3 Å². The molecule has 0 bridgehead atoms. The molecule has 3 heterocycles. The van der Waals surface area contributed by atoms with Gasteiger partial charge in [-0.25, -0.2) is 4.98 Å². The second-order valence-electron chi connectivity index (χ2n) is 6.84. The standard InChI is InChI=1S/C21H21N3O3S/c1-13-5-10-17(27-13)21-23-14(2)19(28-21)20(26)22-12-15-6-8-16(9-7-15)24-11-3-4-18(24)25/h5-10H,3-4,11-12H2,1-2H3,(H,22,26). The number of thiazole rings is 1. The molecule has 1 aliphatic heterocycles. The fourth-order valence-electron chi connectivity index (χ4n) is 3.24. The van der Waals surface area contributed by atoms with Gasteiger partial charge in [-0.1, -0.05) is 12.1 Å². The van der Waals surface area contributed by atoms with Gasteiger partial charge in [0.25, 0.3) is 5.91 Å². The van der Waals surface area contributed by atoms with Crippen LogP contribution in [0, 0.1) is 13.8 Å². The smallest absolute Gasteiger partial charge is 0.263 e. The Morgan fingerprint density at radius 1 is 1.21 bits per heavy atom. The zero-order valence-corrected chi connectivity index (χ0v) is 16.6. The molecular formula is C21H21N3O3S. The molecular weight excluding hydrogens is 374 g/mol. The zero-order valence-electron chi connectivity index (χ0n) is 15.8. The number of nitrogens with one attached hydrogen (secondary N) is 1. The second-order valence-corrected chi connectivity index (χ2v) is 7.84. The van der Waals surface area contributed by atoms with E-state index in [9.17, 15) is 9.59 Å². The number of amides is 2. The Labute approximate surface area is 167 Å². The van der Waals surface area contributed by atoms with Crippen molar-refractivity contribution in [1.29, 1.82) is 0 Å². The first-order valence-corrected chi connectivity index (χ1v) is 10.0. The molecule has 28 heavy (non-hydrogen) atoms. The number of hydrogen-bond donors (Lipinski definition) is 1. The first-order chi connectivity index (χ1) is 13.5. The third kappa shape index (κ3) is 3.71. The van der Waals surface area contributed by atoms with Gasteiger partial charge in [0.2, 0.25) is 5.91 Å². The summed E-state index contributed by atoms with van der Waals surface area (Å²) in [5, 5.41) is 3.65. The predicted octanol–water partition coefficient (Wildman–Crippen LogP) is 4.08. The predicted molar refractivity (Wildman–Crippen MR) is 108 cm³/mol. The number of aromatic nitrogens is 1. The van der Waals surface area contributed by atoms with Gasteiger partial charge in [0.05, 0.1) is 5.69 Å². The maximum atomic E-state index is 12.6. The molecule has 0 atom stereocenters. The molecule has 144 valence electrons. The first-order valence-electron chi connectivity index (χ1n) is 9.23. The second kappa shape index (κ2) is 7.59. The Morgan fingerprint density at radius 2 is 2.00 bits per heavy atom. The first kappa shape index (κ1) is 18.4. The molecule has 2 amide bonds. The van der Waals surface area contributed by atoms with Crippen LogP contribution in [0.5, 0.6) is 0 Å². The van der Waals surface area contributed by atoms with Crippen molar-refractivity contribution in [3.8, 4) is 10.8 Å². The highest BCUT2D eigenvalue weighted by Crippen LogP contribution is 2.29. The van der Waals surface area contributed by atoms with Gasteiger partial charge in [-0.05, 0) is 50.1 Å². The summed E-state index contributed by atoms with van der Waals surface area (Å²) in [6.45, 7) is 4.89. The number of rotatable bonds is 5. The van der Waals surface area contributed by atoms with E-state index in [1.54, 1.807) is 4.90 Å². The average molecular weight is 395 g/mol. The Hall–Kier alpha value is -2.93. The number of carbonyl (C=O) groups excluding carboxylic acids is 2. The lowest BCUT2D eigenvalue weighted by molar-refractivity contribution is -0.117. The van der Waals surface area contributed by atoms with Crippen LogP contribution < -0.4 is 10.2 Å². The van der Waals surface area contributed by atoms with Crippen molar-refractivity contribution in [3.05, 3.63) is 58.3 Å². The third-order valence-electron chi connectivity index (χ3n) is 4.73. The van der Waals surface area contributed by atoms with Crippen LogP contribution in [-0.2, 0) is 11.3 Å². The summed E-state index contributed by atoms with van der Waals surface area (Å²) >= 11 is 1.33. The fraction of sp³-hybridized carbons (Fsp3) is 0.286. The number of aryl methyl sites for hydroxylation is 2. The average Bonchev–Trinajstić information content (AvgIpc) is 3.40. The van der Waals surface area contributed by atoms with Gasteiger partial charge in [-0.3, -0.25) is 9.59 Å². The normalized spacial score (nSPS) is 13.9. The van der Waals surface area contributed by atoms with Gasteiger partial charge < -0.3 is 14.6 Å². The van der Waals surface area contributed by atoms with Crippen molar-refractivity contribution in [2.24, 2.45) is 0 Å². The molecule has 0 radical (unpaired) electrons.